The van der Waals surface area contributed by atoms with Crippen LogP contribution in [0.15, 0.2) is 11.3 Å². The van der Waals surface area contributed by atoms with Crippen molar-refractivity contribution < 1.29 is 10.2 Å². The highest BCUT2D eigenvalue weighted by Gasteiger charge is 2.46. The third-order valence-corrected chi connectivity index (χ3v) is 4.52. The van der Waals surface area contributed by atoms with E-state index in [0.717, 1.165) is 5.75 Å². The smallest absolute Gasteiger partial charge is 0.153 e. The number of anilines is 1. The lowest BCUT2D eigenvalue weighted by Crippen LogP contribution is -2.39. The Morgan fingerprint density at radius 3 is 2.90 bits per heavy atom. The number of aliphatic hydroxyl groups is 2. The minimum absolute atomic E-state index is 0.137. The summed E-state index contributed by atoms with van der Waals surface area (Å²) in [5.41, 5.74) is 7.03. The van der Waals surface area contributed by atoms with E-state index in [1.165, 1.54) is 6.33 Å². The van der Waals surface area contributed by atoms with Gasteiger partial charge in [-0.15, -0.1) is 0 Å². The van der Waals surface area contributed by atoms with Crippen LogP contribution in [0.4, 0.5) is 11.5 Å². The van der Waals surface area contributed by atoms with Gasteiger partial charge in [-0.25, -0.2) is 9.97 Å². The monoisotopic (exact) mass is 295 g/mol. The summed E-state index contributed by atoms with van der Waals surface area (Å²) < 4.78 is 0. The van der Waals surface area contributed by atoms with Gasteiger partial charge in [-0.2, -0.15) is 11.8 Å². The molecule has 2 aliphatic rings. The third kappa shape index (κ3) is 2.08. The van der Waals surface area contributed by atoms with E-state index in [1.54, 1.807) is 18.0 Å². The van der Waals surface area contributed by atoms with Crippen LogP contribution in [-0.2, 0) is 0 Å². The van der Waals surface area contributed by atoms with Gasteiger partial charge in [0, 0.05) is 24.1 Å². The highest BCUT2D eigenvalue weighted by atomic mass is 32.2. The molecule has 1 unspecified atom stereocenters. The fourth-order valence-corrected chi connectivity index (χ4v) is 3.46. The number of aliphatic hydroxyl groups excluding tert-OH is 2. The molecule has 1 saturated heterocycles. The van der Waals surface area contributed by atoms with Crippen molar-refractivity contribution in [1.29, 1.82) is 0 Å². The first-order valence-corrected chi connectivity index (χ1v) is 7.78. The van der Waals surface area contributed by atoms with Gasteiger partial charge in [0.2, 0.25) is 0 Å². The zero-order valence-corrected chi connectivity index (χ0v) is 11.8. The molecule has 8 heteroatoms. The Balaban J connectivity index is 1.86. The number of hydrogen-bond donors (Lipinski definition) is 4. The second kappa shape index (κ2) is 5.28. The largest absolute Gasteiger partial charge is 0.389 e. The Hall–Kier alpha value is -1.22. The minimum Gasteiger partial charge on any atom is -0.389 e. The molecule has 0 aromatic carbocycles. The van der Waals surface area contributed by atoms with Crippen molar-refractivity contribution in [3.63, 3.8) is 0 Å². The molecule has 5 atom stereocenters. The van der Waals surface area contributed by atoms with E-state index >= 15 is 0 Å². The van der Waals surface area contributed by atoms with Crippen LogP contribution >= 0.6 is 11.8 Å². The van der Waals surface area contributed by atoms with Gasteiger partial charge in [-0.1, -0.05) is 0 Å². The summed E-state index contributed by atoms with van der Waals surface area (Å²) in [5.74, 6) is 0.867. The van der Waals surface area contributed by atoms with Crippen molar-refractivity contribution in [2.75, 3.05) is 17.7 Å². The van der Waals surface area contributed by atoms with Crippen LogP contribution in [0.5, 0.6) is 0 Å². The topological polar surface area (TPSA) is 117 Å². The number of nitrogen functional groups attached to an aromatic ring is 1. The number of nitrogens with two attached hydrogens (primary N) is 1. The normalized spacial score (nSPS) is 35.5. The SMILES string of the molecule is CSC[C@@H]1N[C@H](C2C=Nc3c(N)ncnc32)[C@@H](O)[C@H]1O. The van der Waals surface area contributed by atoms with Crippen LogP contribution < -0.4 is 11.1 Å². The number of aromatic nitrogens is 2. The van der Waals surface area contributed by atoms with Gasteiger partial charge in [-0.05, 0) is 6.26 Å². The Morgan fingerprint density at radius 1 is 1.35 bits per heavy atom. The summed E-state index contributed by atoms with van der Waals surface area (Å²) >= 11 is 1.62. The van der Waals surface area contributed by atoms with E-state index in [0.29, 0.717) is 17.2 Å². The van der Waals surface area contributed by atoms with Crippen molar-refractivity contribution in [2.45, 2.75) is 30.2 Å². The molecule has 1 fully saturated rings. The first-order valence-electron chi connectivity index (χ1n) is 6.39. The highest BCUT2D eigenvalue weighted by Crippen LogP contribution is 2.38. The lowest BCUT2D eigenvalue weighted by atomic mass is 9.94. The molecule has 0 radical (unpaired) electrons. The molecule has 3 heterocycles. The number of fused-ring (bicyclic) bond motifs is 1. The van der Waals surface area contributed by atoms with Crippen molar-refractivity contribution in [3.05, 3.63) is 12.0 Å². The average molecular weight is 295 g/mol. The molecule has 3 rings (SSSR count). The summed E-state index contributed by atoms with van der Waals surface area (Å²) in [4.78, 5) is 12.4. The van der Waals surface area contributed by atoms with Gasteiger partial charge in [0.1, 0.15) is 12.0 Å². The second-order valence-electron chi connectivity index (χ2n) is 5.03. The Bertz CT molecular complexity index is 541. The molecule has 5 N–H and O–H groups in total. The summed E-state index contributed by atoms with van der Waals surface area (Å²) in [5, 5.41) is 23.6. The maximum Gasteiger partial charge on any atom is 0.153 e. The summed E-state index contributed by atoms with van der Waals surface area (Å²) in [6.45, 7) is 0. The second-order valence-corrected chi connectivity index (χ2v) is 5.94. The molecule has 2 aliphatic heterocycles. The van der Waals surface area contributed by atoms with Crippen LogP contribution in [-0.4, -0.2) is 62.7 Å². The molecular formula is C12H17N5O2S. The molecule has 108 valence electrons. The molecule has 0 aliphatic carbocycles. The van der Waals surface area contributed by atoms with E-state index in [1.807, 2.05) is 6.26 Å². The standard InChI is InChI=1S/C12H17N5O2S/c1-20-3-6-10(18)11(19)8(17-6)5-2-14-9-7(5)15-4-16-12(9)13/h2,4-6,8,10-11,17-19H,3H2,1H3,(H2,13,15,16)/t5?,6-,8+,10-,11+/m0/s1. The summed E-state index contributed by atoms with van der Waals surface area (Å²) in [6.07, 6.45) is 3.43. The maximum atomic E-state index is 10.3. The van der Waals surface area contributed by atoms with Crippen molar-refractivity contribution in [1.82, 2.24) is 15.3 Å². The fourth-order valence-electron chi connectivity index (χ4n) is 2.81. The molecule has 1 aromatic heterocycles. The number of rotatable bonds is 3. The van der Waals surface area contributed by atoms with Crippen LogP contribution in [0.3, 0.4) is 0 Å². The van der Waals surface area contributed by atoms with Gasteiger partial charge in [-0.3, -0.25) is 4.99 Å². The number of hydrogen-bond acceptors (Lipinski definition) is 8. The first-order chi connectivity index (χ1) is 9.63. The molecule has 20 heavy (non-hydrogen) atoms. The van der Waals surface area contributed by atoms with Crippen LogP contribution in [0.1, 0.15) is 11.6 Å². The average Bonchev–Trinajstić information content (AvgIpc) is 2.97. The van der Waals surface area contributed by atoms with Gasteiger partial charge in [0.25, 0.3) is 0 Å². The van der Waals surface area contributed by atoms with Crippen molar-refractivity contribution in [2.24, 2.45) is 4.99 Å². The summed E-state index contributed by atoms with van der Waals surface area (Å²) in [6, 6.07) is -0.455. The van der Waals surface area contributed by atoms with Crippen LogP contribution in [0.25, 0.3) is 0 Å². The molecule has 0 spiro atoms. The quantitative estimate of drug-likeness (QED) is 0.581. The minimum atomic E-state index is -0.856. The Morgan fingerprint density at radius 2 is 2.15 bits per heavy atom. The number of nitrogens with one attached hydrogen (secondary N) is 1. The van der Waals surface area contributed by atoms with Crippen LogP contribution in [0.2, 0.25) is 0 Å². The molecule has 7 nitrogen and oxygen atoms in total. The molecule has 1 aromatic rings. The highest BCUT2D eigenvalue weighted by molar-refractivity contribution is 7.98. The summed E-state index contributed by atoms with van der Waals surface area (Å²) in [7, 11) is 0. The van der Waals surface area contributed by atoms with Gasteiger partial charge >= 0.3 is 0 Å². The van der Waals surface area contributed by atoms with E-state index < -0.39 is 12.2 Å². The predicted molar refractivity (Wildman–Crippen MR) is 78.4 cm³/mol. The van der Waals surface area contributed by atoms with E-state index in [2.05, 4.69) is 20.3 Å². The van der Waals surface area contributed by atoms with Crippen LogP contribution in [0, 0.1) is 0 Å². The van der Waals surface area contributed by atoms with Crippen molar-refractivity contribution in [3.8, 4) is 0 Å². The Kier molecular flexibility index (Phi) is 3.63. The first kappa shape index (κ1) is 13.7. The Labute approximate surface area is 120 Å². The van der Waals surface area contributed by atoms with E-state index in [9.17, 15) is 10.2 Å². The van der Waals surface area contributed by atoms with E-state index in [-0.39, 0.29) is 18.0 Å². The molecule has 0 bridgehead atoms. The zero-order chi connectivity index (χ0) is 14.3. The van der Waals surface area contributed by atoms with Crippen molar-refractivity contribution >= 4 is 29.5 Å². The van der Waals surface area contributed by atoms with Gasteiger partial charge in [0.15, 0.2) is 5.82 Å². The zero-order valence-electron chi connectivity index (χ0n) is 11.0. The molecular weight excluding hydrogens is 278 g/mol. The third-order valence-electron chi connectivity index (χ3n) is 3.83. The molecule has 0 amide bonds. The maximum absolute atomic E-state index is 10.3. The fraction of sp³-hybridized carbons (Fsp3) is 0.583. The lowest BCUT2D eigenvalue weighted by molar-refractivity contribution is 0.0299. The number of nitrogens with zero attached hydrogens (tertiary/aromatic N) is 3. The molecule has 0 saturated carbocycles. The van der Waals surface area contributed by atoms with Gasteiger partial charge in [0.05, 0.1) is 23.8 Å². The predicted octanol–water partition coefficient (Wildman–Crippen LogP) is -0.717. The van der Waals surface area contributed by atoms with E-state index in [4.69, 9.17) is 5.73 Å². The number of thioether (sulfide) groups is 1. The number of aliphatic imine (C=N–C) groups is 1. The lowest BCUT2D eigenvalue weighted by Gasteiger charge is -2.21. The van der Waals surface area contributed by atoms with Gasteiger partial charge < -0.3 is 21.3 Å².